The Morgan fingerprint density at radius 2 is 2.40 bits per heavy atom. The fourth-order valence-corrected chi connectivity index (χ4v) is 2.26. The molecule has 0 saturated heterocycles. The number of carbonyl (C=O) groups is 1. The van der Waals surface area contributed by atoms with Crippen molar-refractivity contribution in [2.24, 2.45) is 0 Å². The summed E-state index contributed by atoms with van der Waals surface area (Å²) in [5.74, 6) is -0.628. The molecular formula is C10H9ClO3S. The predicted molar refractivity (Wildman–Crippen MR) is 58.6 cm³/mol. The van der Waals surface area contributed by atoms with Crippen molar-refractivity contribution in [3.63, 3.8) is 0 Å². The number of rotatable bonds is 2. The van der Waals surface area contributed by atoms with Crippen LogP contribution in [0.3, 0.4) is 0 Å². The number of fused-ring (bicyclic) bond motifs is 1. The van der Waals surface area contributed by atoms with Gasteiger partial charge in [0, 0.05) is 10.5 Å². The minimum Gasteiger partial charge on any atom is -0.493 e. The first-order chi connectivity index (χ1) is 7.22. The van der Waals surface area contributed by atoms with Crippen LogP contribution in [-0.4, -0.2) is 17.7 Å². The van der Waals surface area contributed by atoms with E-state index in [1.165, 1.54) is 0 Å². The second kappa shape index (κ2) is 4.33. The number of halogens is 1. The lowest BCUT2D eigenvalue weighted by molar-refractivity contribution is -0.139. The summed E-state index contributed by atoms with van der Waals surface area (Å²) in [7, 11) is 6.70. The average Bonchev–Trinajstić information content (AvgIpc) is 2.27. The highest BCUT2D eigenvalue weighted by Gasteiger charge is 2.27. The zero-order chi connectivity index (χ0) is 10.8. The quantitative estimate of drug-likeness (QED) is 0.869. The number of aliphatic carboxylic acids is 1. The highest BCUT2D eigenvalue weighted by Crippen LogP contribution is 2.37. The molecule has 0 aliphatic carbocycles. The topological polar surface area (TPSA) is 46.5 Å². The van der Waals surface area contributed by atoms with E-state index in [9.17, 15) is 4.79 Å². The minimum absolute atomic E-state index is 0.456. The van der Waals surface area contributed by atoms with E-state index < -0.39 is 11.9 Å². The summed E-state index contributed by atoms with van der Waals surface area (Å²) in [5, 5.41) is 9.05. The number of hydrogen-bond acceptors (Lipinski definition) is 3. The molecule has 1 N–H and O–H groups in total. The fraction of sp³-hybridized carbons (Fsp3) is 0.300. The van der Waals surface area contributed by atoms with Crippen molar-refractivity contribution in [1.29, 1.82) is 0 Å². The van der Waals surface area contributed by atoms with Gasteiger partial charge in [0.15, 0.2) is 0 Å². The Hall–Kier alpha value is -0.870. The molecule has 2 rings (SSSR count). The molecule has 15 heavy (non-hydrogen) atoms. The van der Waals surface area contributed by atoms with E-state index in [1.54, 1.807) is 12.1 Å². The Labute approximate surface area is 95.9 Å². The van der Waals surface area contributed by atoms with Crippen molar-refractivity contribution in [3.05, 3.63) is 23.8 Å². The normalized spacial score (nSPS) is 19.1. The first-order valence-electron chi connectivity index (χ1n) is 4.50. The first-order valence-corrected chi connectivity index (χ1v) is 6.15. The van der Waals surface area contributed by atoms with E-state index in [4.69, 9.17) is 20.5 Å². The van der Waals surface area contributed by atoms with E-state index in [0.29, 0.717) is 18.8 Å². The van der Waals surface area contributed by atoms with Crippen molar-refractivity contribution in [2.45, 2.75) is 17.2 Å². The smallest absolute Gasteiger partial charge is 0.311 e. The maximum absolute atomic E-state index is 11.0. The van der Waals surface area contributed by atoms with E-state index in [0.717, 1.165) is 21.4 Å². The molecule has 1 heterocycles. The summed E-state index contributed by atoms with van der Waals surface area (Å²) in [5.41, 5.74) is 0.722. The van der Waals surface area contributed by atoms with Crippen LogP contribution in [0.25, 0.3) is 0 Å². The van der Waals surface area contributed by atoms with Crippen LogP contribution in [0.2, 0.25) is 0 Å². The molecule has 0 spiro atoms. The van der Waals surface area contributed by atoms with Crippen LogP contribution in [0.5, 0.6) is 5.75 Å². The molecule has 0 fully saturated rings. The second-order valence-electron chi connectivity index (χ2n) is 3.30. The van der Waals surface area contributed by atoms with Crippen molar-refractivity contribution in [1.82, 2.24) is 0 Å². The average molecular weight is 245 g/mol. The molecule has 1 aromatic carbocycles. The Morgan fingerprint density at radius 1 is 1.60 bits per heavy atom. The zero-order valence-corrected chi connectivity index (χ0v) is 9.35. The molecule has 1 unspecified atom stereocenters. The van der Waals surface area contributed by atoms with Crippen LogP contribution in [0, 0.1) is 0 Å². The Morgan fingerprint density at radius 3 is 3.07 bits per heavy atom. The maximum Gasteiger partial charge on any atom is 0.311 e. The summed E-state index contributed by atoms with van der Waals surface area (Å²) in [6.07, 6.45) is 0.513. The largest absolute Gasteiger partial charge is 0.493 e. The van der Waals surface area contributed by atoms with Gasteiger partial charge in [-0.3, -0.25) is 4.79 Å². The van der Waals surface area contributed by atoms with E-state index in [2.05, 4.69) is 0 Å². The molecule has 3 nitrogen and oxygen atoms in total. The number of hydrogen-bond donors (Lipinski definition) is 1. The van der Waals surface area contributed by atoms with Gasteiger partial charge in [-0.05, 0) is 46.3 Å². The molecule has 1 aliphatic heterocycles. The van der Waals surface area contributed by atoms with Crippen LogP contribution in [0.15, 0.2) is 23.1 Å². The molecule has 1 atom stereocenters. The maximum atomic E-state index is 11.0. The third-order valence-electron chi connectivity index (χ3n) is 2.41. The van der Waals surface area contributed by atoms with Crippen LogP contribution in [-0.2, 0) is 4.79 Å². The van der Waals surface area contributed by atoms with Gasteiger partial charge in [-0.15, -0.1) is 0 Å². The standard InChI is InChI=1S/C10H9ClO3S/c11-15-6-1-2-9-8(5-6)7(10(12)13)3-4-14-9/h1-2,5,7H,3-4H2,(H,12,13). The highest BCUT2D eigenvalue weighted by atomic mass is 35.7. The molecule has 5 heteroatoms. The van der Waals surface area contributed by atoms with Gasteiger partial charge in [0.2, 0.25) is 0 Å². The van der Waals surface area contributed by atoms with Crippen LogP contribution < -0.4 is 4.74 Å². The zero-order valence-electron chi connectivity index (χ0n) is 7.77. The Bertz CT molecular complexity index is 394. The van der Waals surface area contributed by atoms with Gasteiger partial charge in [0.05, 0.1) is 12.5 Å². The Kier molecular flexibility index (Phi) is 3.07. The van der Waals surface area contributed by atoms with Gasteiger partial charge in [0.25, 0.3) is 0 Å². The van der Waals surface area contributed by atoms with E-state index in [-0.39, 0.29) is 0 Å². The summed E-state index contributed by atoms with van der Waals surface area (Å²) in [6.45, 7) is 0.456. The number of carboxylic acids is 1. The number of ether oxygens (including phenoxy) is 1. The third kappa shape index (κ3) is 2.06. The SMILES string of the molecule is O=C(O)C1CCOc2ccc(SCl)cc21. The lowest BCUT2D eigenvalue weighted by Crippen LogP contribution is -2.20. The predicted octanol–water partition coefficient (Wildman–Crippen LogP) is 2.88. The number of carboxylic acid groups (broad SMARTS) is 1. The van der Waals surface area contributed by atoms with Gasteiger partial charge in [-0.2, -0.15) is 0 Å². The second-order valence-corrected chi connectivity index (χ2v) is 4.39. The molecule has 1 aromatic rings. The summed E-state index contributed by atoms with van der Waals surface area (Å²) in [6, 6.07) is 5.38. The molecule has 0 bridgehead atoms. The van der Waals surface area contributed by atoms with Crippen LogP contribution in [0.4, 0.5) is 0 Å². The molecule has 0 radical (unpaired) electrons. The van der Waals surface area contributed by atoms with E-state index >= 15 is 0 Å². The van der Waals surface area contributed by atoms with Gasteiger partial charge < -0.3 is 9.84 Å². The summed E-state index contributed by atoms with van der Waals surface area (Å²) < 4.78 is 5.39. The van der Waals surface area contributed by atoms with Crippen LogP contribution >= 0.6 is 21.7 Å². The van der Waals surface area contributed by atoms with Gasteiger partial charge in [-0.1, -0.05) is 0 Å². The summed E-state index contributed by atoms with van der Waals surface area (Å²) in [4.78, 5) is 11.9. The minimum atomic E-state index is -0.809. The third-order valence-corrected chi connectivity index (χ3v) is 3.37. The molecule has 80 valence electrons. The highest BCUT2D eigenvalue weighted by molar-refractivity contribution is 8.21. The molecule has 0 saturated carbocycles. The van der Waals surface area contributed by atoms with Gasteiger partial charge >= 0.3 is 5.97 Å². The van der Waals surface area contributed by atoms with Crippen molar-refractivity contribution in [3.8, 4) is 5.75 Å². The van der Waals surface area contributed by atoms with Crippen molar-refractivity contribution in [2.75, 3.05) is 6.61 Å². The van der Waals surface area contributed by atoms with Gasteiger partial charge in [-0.25, -0.2) is 0 Å². The van der Waals surface area contributed by atoms with Crippen molar-refractivity contribution < 1.29 is 14.6 Å². The lowest BCUT2D eigenvalue weighted by atomic mass is 9.93. The fourth-order valence-electron chi connectivity index (χ4n) is 1.68. The van der Waals surface area contributed by atoms with E-state index in [1.807, 2.05) is 6.07 Å². The number of benzene rings is 1. The van der Waals surface area contributed by atoms with Gasteiger partial charge in [0.1, 0.15) is 5.75 Å². The molecule has 0 amide bonds. The van der Waals surface area contributed by atoms with Crippen molar-refractivity contribution >= 4 is 27.6 Å². The summed E-state index contributed by atoms with van der Waals surface area (Å²) >= 11 is 0. The lowest BCUT2D eigenvalue weighted by Gasteiger charge is -2.23. The molecule has 0 aromatic heterocycles. The van der Waals surface area contributed by atoms with Crippen LogP contribution in [0.1, 0.15) is 17.9 Å². The Balaban J connectivity index is 2.43. The first kappa shape index (κ1) is 10.6. The monoisotopic (exact) mass is 244 g/mol. The molecular weight excluding hydrogens is 236 g/mol. The molecule has 1 aliphatic rings.